The van der Waals surface area contributed by atoms with Crippen LogP contribution in [0.15, 0.2) is 47.5 Å². The molecule has 0 aliphatic heterocycles. The fourth-order valence-corrected chi connectivity index (χ4v) is 2.61. The second-order valence-corrected chi connectivity index (χ2v) is 6.01. The average Bonchev–Trinajstić information content (AvgIpc) is 2.54. The number of aliphatic imine (C=N–C) groups is 1. The van der Waals surface area contributed by atoms with Crippen LogP contribution in [-0.4, -0.2) is 39.1 Å². The number of aromatic hydroxyl groups is 1. The van der Waals surface area contributed by atoms with E-state index in [-0.39, 0.29) is 11.8 Å². The Kier molecular flexibility index (Phi) is 6.02. The summed E-state index contributed by atoms with van der Waals surface area (Å²) in [6.45, 7) is 0.578. The van der Waals surface area contributed by atoms with E-state index in [1.807, 2.05) is 18.2 Å². The number of nitrogens with zero attached hydrogens (tertiary/aromatic N) is 1. The van der Waals surface area contributed by atoms with Gasteiger partial charge in [0.25, 0.3) is 0 Å². The molecule has 2 rings (SSSR count). The van der Waals surface area contributed by atoms with E-state index in [2.05, 4.69) is 25.2 Å². The van der Waals surface area contributed by atoms with Crippen LogP contribution in [0.2, 0.25) is 5.02 Å². The summed E-state index contributed by atoms with van der Waals surface area (Å²) in [7, 11) is 5.85. The van der Waals surface area contributed by atoms with Gasteiger partial charge in [0, 0.05) is 16.8 Å². The van der Waals surface area contributed by atoms with Crippen molar-refractivity contribution in [1.29, 1.82) is 0 Å². The molecule has 0 saturated carbocycles. The van der Waals surface area contributed by atoms with Crippen LogP contribution in [0.1, 0.15) is 17.2 Å². The third kappa shape index (κ3) is 4.47. The molecule has 0 spiro atoms. The summed E-state index contributed by atoms with van der Waals surface area (Å²) < 4.78 is 5.45. The van der Waals surface area contributed by atoms with E-state index in [1.165, 1.54) is 4.90 Å². The number of ether oxygens (including phenoxy) is 1. The number of halogens is 1. The van der Waals surface area contributed by atoms with E-state index >= 15 is 0 Å². The Morgan fingerprint density at radius 1 is 1.26 bits per heavy atom. The summed E-state index contributed by atoms with van der Waals surface area (Å²) in [5, 5.41) is 10.4. The van der Waals surface area contributed by atoms with Gasteiger partial charge in [-0.2, -0.15) is 0 Å². The summed E-state index contributed by atoms with van der Waals surface area (Å²) in [5.41, 5.74) is 1.73. The predicted octanol–water partition coefficient (Wildman–Crippen LogP) is 2.36. The van der Waals surface area contributed by atoms with Crippen molar-refractivity contribution in [1.82, 2.24) is 0 Å². The van der Waals surface area contributed by atoms with Crippen molar-refractivity contribution in [3.05, 3.63) is 58.6 Å². The Labute approximate surface area is 142 Å². The van der Waals surface area contributed by atoms with Gasteiger partial charge in [-0.3, -0.25) is 4.99 Å². The number of phenolic OH excluding ortho intramolecular Hbond substituents is 1. The van der Waals surface area contributed by atoms with Crippen molar-refractivity contribution in [3.63, 3.8) is 0 Å². The number of methoxy groups -OCH3 is 1. The Hall–Kier alpha value is -2.04. The normalized spacial score (nSPS) is 12.7. The van der Waals surface area contributed by atoms with Crippen LogP contribution in [0.3, 0.4) is 0 Å². The first kappa shape index (κ1) is 17.3. The number of hydrogen-bond donors (Lipinski definition) is 2. The summed E-state index contributed by atoms with van der Waals surface area (Å²) in [4.78, 5) is 5.75. The van der Waals surface area contributed by atoms with Crippen LogP contribution < -0.4 is 9.64 Å². The number of likely N-dealkylation sites (N-methyl/N-ethyl adjacent to an activating group) is 1. The number of benzene rings is 2. The lowest BCUT2D eigenvalue weighted by molar-refractivity contribution is -0.890. The molecular weight excluding hydrogens is 312 g/mol. The van der Waals surface area contributed by atoms with Crippen LogP contribution in [0.4, 0.5) is 0 Å². The minimum atomic E-state index is 0.156. The Morgan fingerprint density at radius 3 is 2.70 bits per heavy atom. The summed E-state index contributed by atoms with van der Waals surface area (Å²) in [6.07, 6.45) is 1.66. The van der Waals surface area contributed by atoms with Gasteiger partial charge in [0.1, 0.15) is 17.5 Å². The molecule has 1 atom stereocenters. The second kappa shape index (κ2) is 7.99. The van der Waals surface area contributed by atoms with Gasteiger partial charge in [0.2, 0.25) is 0 Å². The fourth-order valence-electron chi connectivity index (χ4n) is 2.43. The Morgan fingerprint density at radius 2 is 2.00 bits per heavy atom. The number of rotatable bonds is 6. The molecule has 23 heavy (non-hydrogen) atoms. The largest absolute Gasteiger partial charge is 0.507 e. The van der Waals surface area contributed by atoms with Crippen LogP contribution >= 0.6 is 11.6 Å². The maximum Gasteiger partial charge on any atom is 0.136 e. The maximum absolute atomic E-state index is 9.83. The molecule has 0 saturated heterocycles. The summed E-state index contributed by atoms with van der Waals surface area (Å²) >= 11 is 5.95. The van der Waals surface area contributed by atoms with Gasteiger partial charge < -0.3 is 14.7 Å². The van der Waals surface area contributed by atoms with Crippen molar-refractivity contribution in [2.45, 2.75) is 6.04 Å². The monoisotopic (exact) mass is 333 g/mol. The molecule has 2 aromatic carbocycles. The van der Waals surface area contributed by atoms with Gasteiger partial charge in [-0.25, -0.2) is 0 Å². The van der Waals surface area contributed by atoms with E-state index in [0.29, 0.717) is 17.1 Å². The number of hydrogen-bond acceptors (Lipinski definition) is 3. The van der Waals surface area contributed by atoms with Crippen molar-refractivity contribution < 1.29 is 14.7 Å². The lowest BCUT2D eigenvalue weighted by Crippen LogP contribution is -3.06. The summed E-state index contributed by atoms with van der Waals surface area (Å²) in [5.74, 6) is 1.03. The van der Waals surface area contributed by atoms with Crippen LogP contribution in [0.5, 0.6) is 11.5 Å². The van der Waals surface area contributed by atoms with Gasteiger partial charge in [0.05, 0.1) is 33.3 Å². The van der Waals surface area contributed by atoms with Crippen LogP contribution in [-0.2, 0) is 0 Å². The van der Waals surface area contributed by atoms with E-state index in [1.54, 1.807) is 31.5 Å². The lowest BCUT2D eigenvalue weighted by atomic mass is 10.0. The predicted molar refractivity (Wildman–Crippen MR) is 94.1 cm³/mol. The van der Waals surface area contributed by atoms with E-state index in [0.717, 1.165) is 11.3 Å². The standard InChI is InChI=1S/C18H21ClN2O2/c1-21(2)16(15-6-4-5-7-18(15)23-3)12-20-11-13-10-14(19)8-9-17(13)22/h4-11,16,22H,12H2,1-3H3/p+1/t16-/m1/s1. The highest BCUT2D eigenvalue weighted by Crippen LogP contribution is 2.23. The van der Waals surface area contributed by atoms with Crippen molar-refractivity contribution >= 4 is 17.8 Å². The van der Waals surface area contributed by atoms with E-state index in [4.69, 9.17) is 16.3 Å². The molecule has 4 nitrogen and oxygen atoms in total. The second-order valence-electron chi connectivity index (χ2n) is 5.57. The van der Waals surface area contributed by atoms with Crippen molar-refractivity contribution in [2.24, 2.45) is 4.99 Å². The third-order valence-electron chi connectivity index (χ3n) is 3.72. The molecule has 122 valence electrons. The molecule has 0 amide bonds. The zero-order valence-electron chi connectivity index (χ0n) is 13.6. The highest BCUT2D eigenvalue weighted by atomic mass is 35.5. The smallest absolute Gasteiger partial charge is 0.136 e. The first-order chi connectivity index (χ1) is 11.0. The van der Waals surface area contributed by atoms with Crippen LogP contribution in [0.25, 0.3) is 0 Å². The van der Waals surface area contributed by atoms with Gasteiger partial charge in [-0.1, -0.05) is 23.7 Å². The zero-order chi connectivity index (χ0) is 16.8. The molecule has 2 N–H and O–H groups in total. The first-order valence-corrected chi connectivity index (χ1v) is 7.82. The SMILES string of the molecule is COc1ccccc1[C@@H](CN=Cc1cc(Cl)ccc1O)[NH+](C)C. The number of para-hydroxylation sites is 1. The van der Waals surface area contributed by atoms with Crippen LogP contribution in [0, 0.1) is 0 Å². The molecule has 2 aromatic rings. The van der Waals surface area contributed by atoms with Gasteiger partial charge in [-0.05, 0) is 30.3 Å². The van der Waals surface area contributed by atoms with E-state index in [9.17, 15) is 5.11 Å². The van der Waals surface area contributed by atoms with Gasteiger partial charge in [0.15, 0.2) is 0 Å². The fraction of sp³-hybridized carbons (Fsp3) is 0.278. The molecule has 0 aromatic heterocycles. The Bertz CT molecular complexity index is 686. The molecule has 0 bridgehead atoms. The maximum atomic E-state index is 9.83. The molecule has 0 aliphatic rings. The van der Waals surface area contributed by atoms with Crippen molar-refractivity contribution in [2.75, 3.05) is 27.7 Å². The number of nitrogens with one attached hydrogen (secondary N) is 1. The molecule has 5 heteroatoms. The molecule has 0 heterocycles. The Balaban J connectivity index is 2.20. The average molecular weight is 334 g/mol. The quantitative estimate of drug-likeness (QED) is 0.797. The highest BCUT2D eigenvalue weighted by Gasteiger charge is 2.20. The zero-order valence-corrected chi connectivity index (χ0v) is 14.3. The van der Waals surface area contributed by atoms with Gasteiger partial charge in [-0.15, -0.1) is 0 Å². The minimum absolute atomic E-state index is 0.156. The number of quaternary nitrogens is 1. The molecule has 0 fully saturated rings. The lowest BCUT2D eigenvalue weighted by Gasteiger charge is -2.21. The topological polar surface area (TPSA) is 46.3 Å². The minimum Gasteiger partial charge on any atom is -0.507 e. The first-order valence-electron chi connectivity index (χ1n) is 7.44. The molecule has 0 radical (unpaired) electrons. The van der Waals surface area contributed by atoms with Gasteiger partial charge >= 0.3 is 0 Å². The van der Waals surface area contributed by atoms with Crippen molar-refractivity contribution in [3.8, 4) is 11.5 Å². The van der Waals surface area contributed by atoms with E-state index < -0.39 is 0 Å². The number of phenols is 1. The highest BCUT2D eigenvalue weighted by molar-refractivity contribution is 6.30. The molecule has 0 aliphatic carbocycles. The molecular formula is C18H22ClN2O2+. The molecule has 0 unspecified atom stereocenters. The third-order valence-corrected chi connectivity index (χ3v) is 3.95. The summed E-state index contributed by atoms with van der Waals surface area (Å²) in [6, 6.07) is 13.0.